The third-order valence-corrected chi connectivity index (χ3v) is 7.33. The molecule has 1 aromatic carbocycles. The molecule has 6 heteroatoms. The van der Waals surface area contributed by atoms with Crippen LogP contribution in [0.5, 0.6) is 0 Å². The fourth-order valence-corrected chi connectivity index (χ4v) is 5.24. The number of hydrogen-bond acceptors (Lipinski definition) is 4. The highest BCUT2D eigenvalue weighted by molar-refractivity contribution is 9.10. The lowest BCUT2D eigenvalue weighted by Crippen LogP contribution is -2.27. The van der Waals surface area contributed by atoms with Crippen LogP contribution in [0.25, 0.3) is 0 Å². The average molecular weight is 445 g/mol. The van der Waals surface area contributed by atoms with Crippen LogP contribution in [0.15, 0.2) is 71.3 Å². The highest BCUT2D eigenvalue weighted by Gasteiger charge is 2.33. The Bertz CT molecular complexity index is 977. The van der Waals surface area contributed by atoms with Crippen LogP contribution in [0.2, 0.25) is 0 Å². The predicted molar refractivity (Wildman–Crippen MR) is 113 cm³/mol. The Morgan fingerprint density at radius 3 is 2.19 bits per heavy atom. The molecule has 0 saturated heterocycles. The molecule has 0 aliphatic carbocycles. The zero-order valence-electron chi connectivity index (χ0n) is 15.6. The second kappa shape index (κ2) is 8.05. The van der Waals surface area contributed by atoms with E-state index in [9.17, 15) is 4.57 Å². The maximum Gasteiger partial charge on any atom is 0.279 e. The Labute approximate surface area is 168 Å². The van der Waals surface area contributed by atoms with Crippen molar-refractivity contribution < 1.29 is 9.09 Å². The van der Waals surface area contributed by atoms with Crippen molar-refractivity contribution in [1.82, 2.24) is 9.97 Å². The third-order valence-electron chi connectivity index (χ3n) is 4.44. The Morgan fingerprint density at radius 2 is 1.56 bits per heavy atom. The number of benzene rings is 1. The van der Waals surface area contributed by atoms with Gasteiger partial charge in [0.2, 0.25) is 0 Å². The number of pyridine rings is 2. The van der Waals surface area contributed by atoms with Crippen molar-refractivity contribution in [3.63, 3.8) is 0 Å². The molecule has 4 nitrogen and oxygen atoms in total. The molecule has 0 aliphatic rings. The molecule has 0 saturated carbocycles. The van der Waals surface area contributed by atoms with Gasteiger partial charge in [-0.25, -0.2) is 9.97 Å². The number of halogens is 1. The average Bonchev–Trinajstić information content (AvgIpc) is 2.69. The summed E-state index contributed by atoms with van der Waals surface area (Å²) in [5, 5.41) is 0.648. The zero-order valence-corrected chi connectivity index (χ0v) is 18.1. The van der Waals surface area contributed by atoms with Crippen LogP contribution < -0.4 is 10.7 Å². The number of nitrogens with zero attached hydrogens (tertiary/aromatic N) is 2. The van der Waals surface area contributed by atoms with Crippen molar-refractivity contribution in [2.24, 2.45) is 0 Å². The van der Waals surface area contributed by atoms with Gasteiger partial charge in [0.1, 0.15) is 10.0 Å². The second-order valence-corrected chi connectivity index (χ2v) is 9.80. The Hall–Kier alpha value is -1.81. The molecule has 1 unspecified atom stereocenters. The number of aromatic nitrogens is 2. The van der Waals surface area contributed by atoms with Gasteiger partial charge in [-0.2, -0.15) is 0 Å². The Balaban J connectivity index is 2.10. The summed E-state index contributed by atoms with van der Waals surface area (Å²) >= 11 is 3.43. The topological polar surface area (TPSA) is 52.1 Å². The molecule has 2 heterocycles. The van der Waals surface area contributed by atoms with Gasteiger partial charge in [-0.15, -0.1) is 0 Å². The predicted octanol–water partition coefficient (Wildman–Crippen LogP) is 4.83. The van der Waals surface area contributed by atoms with Crippen LogP contribution in [0.4, 0.5) is 0 Å². The van der Waals surface area contributed by atoms with E-state index in [2.05, 4.69) is 34.8 Å². The van der Waals surface area contributed by atoms with Crippen molar-refractivity contribution in [3.8, 4) is 0 Å². The largest absolute Gasteiger partial charge is 0.321 e. The van der Waals surface area contributed by atoms with E-state index in [0.29, 0.717) is 17.3 Å². The van der Waals surface area contributed by atoms with Crippen LogP contribution in [0.1, 0.15) is 32.2 Å². The first-order valence-electron chi connectivity index (χ1n) is 8.79. The molecule has 27 heavy (non-hydrogen) atoms. The summed E-state index contributed by atoms with van der Waals surface area (Å²) in [5.74, 6) is 0. The van der Waals surface area contributed by atoms with Crippen LogP contribution in [0.3, 0.4) is 0 Å². The van der Waals surface area contributed by atoms with Crippen molar-refractivity contribution in [3.05, 3.63) is 82.7 Å². The smallest absolute Gasteiger partial charge is 0.279 e. The molecule has 0 spiro atoms. The maximum atomic E-state index is 13.8. The highest BCUT2D eigenvalue weighted by atomic mass is 79.9. The van der Waals surface area contributed by atoms with E-state index in [1.165, 1.54) is 0 Å². The van der Waals surface area contributed by atoms with E-state index >= 15 is 0 Å². The van der Waals surface area contributed by atoms with E-state index in [-0.39, 0.29) is 0 Å². The van der Waals surface area contributed by atoms with E-state index in [4.69, 9.17) is 9.51 Å². The van der Waals surface area contributed by atoms with Crippen molar-refractivity contribution in [2.75, 3.05) is 6.61 Å². The third kappa shape index (κ3) is 4.06. The van der Waals surface area contributed by atoms with E-state index in [1.54, 1.807) is 6.07 Å². The Kier molecular flexibility index (Phi) is 5.95. The molecule has 3 rings (SSSR count). The number of hydrogen-bond donors (Lipinski definition) is 0. The minimum atomic E-state index is -3.26. The van der Waals surface area contributed by atoms with Crippen LogP contribution >= 0.6 is 23.3 Å². The van der Waals surface area contributed by atoms with Crippen molar-refractivity contribution in [1.29, 1.82) is 0 Å². The minimum Gasteiger partial charge on any atom is -0.321 e. The van der Waals surface area contributed by atoms with Crippen LogP contribution in [0, 0.1) is 0 Å². The molecule has 0 aliphatic heterocycles. The van der Waals surface area contributed by atoms with Gasteiger partial charge in [0.25, 0.3) is 7.37 Å². The highest BCUT2D eigenvalue weighted by Crippen LogP contribution is 2.44. The van der Waals surface area contributed by atoms with Gasteiger partial charge in [0.15, 0.2) is 0 Å². The van der Waals surface area contributed by atoms with Crippen molar-refractivity contribution >= 4 is 34.0 Å². The molecule has 0 bridgehead atoms. The summed E-state index contributed by atoms with van der Waals surface area (Å²) in [6.45, 7) is 6.30. The SMILES string of the molecule is CCOP(=O)(c1ccccc1)c1cccc(C(C)(C)c2cccc(Br)n2)n1. The molecule has 3 aromatic rings. The van der Waals surface area contributed by atoms with Gasteiger partial charge < -0.3 is 4.52 Å². The standard InChI is InChI=1S/C21H22BrN2O2P/c1-4-26-27(25,16-10-6-5-7-11-16)20-15-9-13-18(24-20)21(2,3)17-12-8-14-19(22)23-17/h5-15H,4H2,1-3H3. The van der Waals surface area contributed by atoms with Crippen molar-refractivity contribution in [2.45, 2.75) is 26.2 Å². The van der Waals surface area contributed by atoms with Gasteiger partial charge >= 0.3 is 0 Å². The maximum absolute atomic E-state index is 13.8. The van der Waals surface area contributed by atoms with E-state index in [1.807, 2.05) is 67.6 Å². The molecule has 140 valence electrons. The van der Waals surface area contributed by atoms with E-state index < -0.39 is 12.8 Å². The molecular weight excluding hydrogens is 423 g/mol. The van der Waals surface area contributed by atoms with Gasteiger partial charge in [-0.05, 0) is 73.1 Å². The summed E-state index contributed by atoms with van der Waals surface area (Å²) in [7, 11) is -3.26. The lowest BCUT2D eigenvalue weighted by atomic mass is 9.85. The summed E-state index contributed by atoms with van der Waals surface area (Å²) in [4.78, 5) is 9.36. The summed E-state index contributed by atoms with van der Waals surface area (Å²) in [6, 6.07) is 20.7. The first-order chi connectivity index (χ1) is 12.9. The summed E-state index contributed by atoms with van der Waals surface area (Å²) in [5.41, 5.74) is 1.68. The van der Waals surface area contributed by atoms with E-state index in [0.717, 1.165) is 16.0 Å². The monoisotopic (exact) mass is 444 g/mol. The van der Waals surface area contributed by atoms with Crippen LogP contribution in [-0.4, -0.2) is 16.6 Å². The number of rotatable bonds is 6. The molecule has 0 radical (unpaired) electrons. The summed E-state index contributed by atoms with van der Waals surface area (Å²) in [6.07, 6.45) is 0. The summed E-state index contributed by atoms with van der Waals surface area (Å²) < 4.78 is 20.3. The quantitative estimate of drug-likeness (QED) is 0.403. The van der Waals surface area contributed by atoms with Gasteiger partial charge in [0, 0.05) is 10.7 Å². The molecule has 1 atom stereocenters. The minimum absolute atomic E-state index is 0.342. The Morgan fingerprint density at radius 1 is 0.926 bits per heavy atom. The van der Waals surface area contributed by atoms with Gasteiger partial charge in [0.05, 0.1) is 18.0 Å². The van der Waals surface area contributed by atoms with Gasteiger partial charge in [-0.1, -0.05) is 30.3 Å². The van der Waals surface area contributed by atoms with Gasteiger partial charge in [-0.3, -0.25) is 4.57 Å². The normalized spacial score (nSPS) is 13.9. The van der Waals surface area contributed by atoms with Crippen LogP contribution in [-0.2, 0) is 14.5 Å². The lowest BCUT2D eigenvalue weighted by molar-refractivity contribution is 0.347. The molecule has 0 fully saturated rings. The molecule has 2 aromatic heterocycles. The fraction of sp³-hybridized carbons (Fsp3) is 0.238. The second-order valence-electron chi connectivity index (χ2n) is 6.66. The molecule has 0 N–H and O–H groups in total. The first kappa shape index (κ1) is 19.9. The molecule has 0 amide bonds. The molecular formula is C21H22BrN2O2P. The lowest BCUT2D eigenvalue weighted by Gasteiger charge is -2.25. The fourth-order valence-electron chi connectivity index (χ4n) is 2.90. The zero-order chi connectivity index (χ0) is 19.5. The first-order valence-corrected chi connectivity index (χ1v) is 11.2.